The molecule has 3 aromatic rings. The zero-order valence-corrected chi connectivity index (χ0v) is 14.6. The average molecular weight is 389 g/mol. The minimum Gasteiger partial charge on any atom is -0.483 e. The first-order valence-electron chi connectivity index (χ1n) is 7.66. The number of nitrogens with zero attached hydrogens (tertiary/aromatic N) is 1. The standard InChI is InChI=1S/C18H13F2N3O3S/c19-10-5-6-13(20)12(7-10)14-9-27-18(22-14)23-17(25)11-3-1-2-4-15(11)26-8-16(21)24/h1-7,9H,8H2,(H2,21,24)(H,22,23,25). The maximum atomic E-state index is 13.9. The first-order chi connectivity index (χ1) is 12.9. The van der Waals surface area contributed by atoms with Crippen molar-refractivity contribution in [2.75, 3.05) is 11.9 Å². The van der Waals surface area contributed by atoms with E-state index in [1.54, 1.807) is 12.1 Å². The van der Waals surface area contributed by atoms with Crippen LogP contribution in [0.15, 0.2) is 47.8 Å². The summed E-state index contributed by atoms with van der Waals surface area (Å²) in [5, 5.41) is 4.27. The molecule has 9 heteroatoms. The summed E-state index contributed by atoms with van der Waals surface area (Å²) in [5.41, 5.74) is 5.41. The summed E-state index contributed by atoms with van der Waals surface area (Å²) in [5.74, 6) is -2.24. The van der Waals surface area contributed by atoms with Crippen LogP contribution in [0.4, 0.5) is 13.9 Å². The molecule has 0 aliphatic carbocycles. The molecule has 0 atom stereocenters. The lowest BCUT2D eigenvalue weighted by molar-refractivity contribution is -0.119. The summed E-state index contributed by atoms with van der Waals surface area (Å²) in [4.78, 5) is 27.5. The maximum absolute atomic E-state index is 13.9. The number of thiazole rings is 1. The van der Waals surface area contributed by atoms with Crippen LogP contribution in [0.2, 0.25) is 0 Å². The third kappa shape index (κ3) is 4.45. The lowest BCUT2D eigenvalue weighted by Crippen LogP contribution is -2.21. The normalized spacial score (nSPS) is 10.4. The van der Waals surface area contributed by atoms with Gasteiger partial charge < -0.3 is 10.5 Å². The van der Waals surface area contributed by atoms with Crippen molar-refractivity contribution >= 4 is 28.3 Å². The number of rotatable bonds is 6. The minimum absolute atomic E-state index is 0.00283. The summed E-state index contributed by atoms with van der Waals surface area (Å²) in [7, 11) is 0. The Bertz CT molecular complexity index is 1010. The Labute approximate surface area is 156 Å². The van der Waals surface area contributed by atoms with Crippen molar-refractivity contribution in [3.8, 4) is 17.0 Å². The number of amides is 2. The van der Waals surface area contributed by atoms with Gasteiger partial charge in [0.05, 0.1) is 11.3 Å². The number of hydrogen-bond donors (Lipinski definition) is 2. The van der Waals surface area contributed by atoms with Crippen LogP contribution < -0.4 is 15.8 Å². The first-order valence-corrected chi connectivity index (χ1v) is 8.54. The van der Waals surface area contributed by atoms with E-state index in [1.807, 2.05) is 0 Å². The van der Waals surface area contributed by atoms with Crippen molar-refractivity contribution in [2.45, 2.75) is 0 Å². The van der Waals surface area contributed by atoms with E-state index in [2.05, 4.69) is 10.3 Å². The molecule has 0 fully saturated rings. The van der Waals surface area contributed by atoms with Gasteiger partial charge in [-0.3, -0.25) is 14.9 Å². The quantitative estimate of drug-likeness (QED) is 0.677. The molecule has 27 heavy (non-hydrogen) atoms. The zero-order valence-electron chi connectivity index (χ0n) is 13.7. The molecular weight excluding hydrogens is 376 g/mol. The van der Waals surface area contributed by atoms with Crippen LogP contribution in [0.1, 0.15) is 10.4 Å². The summed E-state index contributed by atoms with van der Waals surface area (Å²) in [6.45, 7) is -0.370. The van der Waals surface area contributed by atoms with Gasteiger partial charge in [-0.15, -0.1) is 11.3 Å². The number of halogens is 2. The fourth-order valence-corrected chi connectivity index (χ4v) is 2.95. The molecule has 3 rings (SSSR count). The molecule has 1 heterocycles. The molecule has 0 aliphatic rings. The van der Waals surface area contributed by atoms with Gasteiger partial charge in [0.2, 0.25) is 0 Å². The van der Waals surface area contributed by atoms with Crippen LogP contribution in [-0.2, 0) is 4.79 Å². The van der Waals surface area contributed by atoms with E-state index in [-0.39, 0.29) is 34.3 Å². The van der Waals surface area contributed by atoms with E-state index in [0.29, 0.717) is 0 Å². The Morgan fingerprint density at radius 2 is 1.96 bits per heavy atom. The summed E-state index contributed by atoms with van der Waals surface area (Å²) in [6.07, 6.45) is 0. The minimum atomic E-state index is -0.674. The van der Waals surface area contributed by atoms with Crippen molar-refractivity contribution in [2.24, 2.45) is 5.73 Å². The Balaban J connectivity index is 1.79. The van der Waals surface area contributed by atoms with Gasteiger partial charge in [0.15, 0.2) is 11.7 Å². The lowest BCUT2D eigenvalue weighted by atomic mass is 10.1. The molecule has 0 aliphatic heterocycles. The Kier molecular flexibility index (Phi) is 5.41. The largest absolute Gasteiger partial charge is 0.483 e. The van der Waals surface area contributed by atoms with Crippen LogP contribution >= 0.6 is 11.3 Å². The summed E-state index contributed by atoms with van der Waals surface area (Å²) < 4.78 is 32.4. The molecular formula is C18H13F2N3O3S. The zero-order chi connectivity index (χ0) is 19.4. The predicted molar refractivity (Wildman–Crippen MR) is 96.6 cm³/mol. The van der Waals surface area contributed by atoms with Crippen LogP contribution in [0.5, 0.6) is 5.75 Å². The molecule has 0 unspecified atom stereocenters. The van der Waals surface area contributed by atoms with Crippen LogP contribution in [0.25, 0.3) is 11.3 Å². The van der Waals surface area contributed by atoms with E-state index >= 15 is 0 Å². The van der Waals surface area contributed by atoms with Crippen LogP contribution in [0, 0.1) is 11.6 Å². The van der Waals surface area contributed by atoms with Gasteiger partial charge in [-0.05, 0) is 30.3 Å². The molecule has 0 bridgehead atoms. The van der Waals surface area contributed by atoms with E-state index in [1.165, 1.54) is 17.5 Å². The number of hydrogen-bond acceptors (Lipinski definition) is 5. The molecule has 138 valence electrons. The molecule has 0 spiro atoms. The van der Waals surface area contributed by atoms with Gasteiger partial charge >= 0.3 is 0 Å². The third-order valence-corrected chi connectivity index (χ3v) is 4.19. The van der Waals surface area contributed by atoms with Crippen molar-refractivity contribution in [3.63, 3.8) is 0 Å². The third-order valence-electron chi connectivity index (χ3n) is 3.43. The molecule has 1 aromatic heterocycles. The fraction of sp³-hybridized carbons (Fsp3) is 0.0556. The lowest BCUT2D eigenvalue weighted by Gasteiger charge is -2.09. The molecule has 0 saturated heterocycles. The number of carbonyl (C=O) groups is 2. The van der Waals surface area contributed by atoms with E-state index < -0.39 is 23.4 Å². The number of nitrogens with two attached hydrogens (primary N) is 1. The van der Waals surface area contributed by atoms with Crippen LogP contribution in [0.3, 0.4) is 0 Å². The topological polar surface area (TPSA) is 94.3 Å². The predicted octanol–water partition coefficient (Wildman–Crippen LogP) is 3.20. The van der Waals surface area contributed by atoms with Gasteiger partial charge in [-0.2, -0.15) is 0 Å². The Morgan fingerprint density at radius 1 is 1.19 bits per heavy atom. The van der Waals surface area contributed by atoms with Gasteiger partial charge in [-0.1, -0.05) is 12.1 Å². The molecule has 0 radical (unpaired) electrons. The van der Waals surface area contributed by atoms with E-state index in [0.717, 1.165) is 29.5 Å². The highest BCUT2D eigenvalue weighted by Gasteiger charge is 2.16. The number of para-hydroxylation sites is 1. The van der Waals surface area contributed by atoms with Gasteiger partial charge in [0.25, 0.3) is 11.8 Å². The molecule has 0 saturated carbocycles. The van der Waals surface area contributed by atoms with Crippen molar-refractivity contribution in [3.05, 3.63) is 65.0 Å². The maximum Gasteiger partial charge on any atom is 0.261 e. The monoisotopic (exact) mass is 389 g/mol. The smallest absolute Gasteiger partial charge is 0.261 e. The number of carbonyl (C=O) groups excluding carboxylic acids is 2. The van der Waals surface area contributed by atoms with Gasteiger partial charge in [0, 0.05) is 10.9 Å². The highest BCUT2D eigenvalue weighted by Crippen LogP contribution is 2.28. The second-order valence-corrected chi connectivity index (χ2v) is 6.23. The van der Waals surface area contributed by atoms with Gasteiger partial charge in [0.1, 0.15) is 17.4 Å². The van der Waals surface area contributed by atoms with Crippen molar-refractivity contribution in [1.82, 2.24) is 4.98 Å². The first kappa shape index (κ1) is 18.5. The number of aromatic nitrogens is 1. The van der Waals surface area contributed by atoms with Gasteiger partial charge in [-0.25, -0.2) is 13.8 Å². The molecule has 6 nitrogen and oxygen atoms in total. The van der Waals surface area contributed by atoms with E-state index in [9.17, 15) is 18.4 Å². The summed E-state index contributed by atoms with van der Waals surface area (Å²) >= 11 is 1.06. The highest BCUT2D eigenvalue weighted by atomic mass is 32.1. The molecule has 2 amide bonds. The van der Waals surface area contributed by atoms with Crippen molar-refractivity contribution in [1.29, 1.82) is 0 Å². The fourth-order valence-electron chi connectivity index (χ4n) is 2.24. The van der Waals surface area contributed by atoms with Crippen LogP contribution in [-0.4, -0.2) is 23.4 Å². The van der Waals surface area contributed by atoms with Crippen molar-refractivity contribution < 1.29 is 23.1 Å². The second kappa shape index (κ2) is 7.92. The number of ether oxygens (including phenoxy) is 1. The summed E-state index contributed by atoms with van der Waals surface area (Å²) in [6, 6.07) is 9.34. The highest BCUT2D eigenvalue weighted by molar-refractivity contribution is 7.14. The Morgan fingerprint density at radius 3 is 2.74 bits per heavy atom. The molecule has 2 aromatic carbocycles. The SMILES string of the molecule is NC(=O)COc1ccccc1C(=O)Nc1nc(-c2cc(F)ccc2F)cs1. The Hall–Kier alpha value is -3.33. The molecule has 3 N–H and O–H groups in total. The number of benzene rings is 2. The average Bonchev–Trinajstić information content (AvgIpc) is 3.10. The number of anilines is 1. The number of nitrogens with one attached hydrogen (secondary N) is 1. The second-order valence-electron chi connectivity index (χ2n) is 5.37. The number of primary amides is 1. The van der Waals surface area contributed by atoms with E-state index in [4.69, 9.17) is 10.5 Å².